The van der Waals surface area contributed by atoms with E-state index in [1.165, 1.54) is 0 Å². The van der Waals surface area contributed by atoms with Gasteiger partial charge in [0.2, 0.25) is 0 Å². The van der Waals surface area contributed by atoms with Crippen LogP contribution in [0.15, 0.2) is 72.4 Å². The molecule has 0 saturated heterocycles. The molecule has 0 unspecified atom stereocenters. The summed E-state index contributed by atoms with van der Waals surface area (Å²) in [4.78, 5) is 27.1. The van der Waals surface area contributed by atoms with Gasteiger partial charge in [0.05, 0.1) is 11.3 Å². The van der Waals surface area contributed by atoms with Gasteiger partial charge in [-0.3, -0.25) is 9.59 Å². The summed E-state index contributed by atoms with van der Waals surface area (Å²) < 4.78 is 28.2. The fourth-order valence-corrected chi connectivity index (χ4v) is 3.29. The van der Waals surface area contributed by atoms with E-state index in [1.807, 2.05) is 38.1 Å². The maximum atomic E-state index is 14.4. The predicted molar refractivity (Wildman–Crippen MR) is 112 cm³/mol. The molecule has 0 aliphatic carbocycles. The Morgan fingerprint density at radius 3 is 2.00 bits per heavy atom. The minimum absolute atomic E-state index is 0.0105. The first kappa shape index (κ1) is 19.5. The molecule has 0 spiro atoms. The van der Waals surface area contributed by atoms with Crippen LogP contribution in [0.5, 0.6) is 0 Å². The van der Waals surface area contributed by atoms with E-state index in [0.29, 0.717) is 16.2 Å². The number of rotatable bonds is 4. The number of benzene rings is 3. The lowest BCUT2D eigenvalue weighted by atomic mass is 10.0. The molecule has 1 heterocycles. The molecule has 0 saturated carbocycles. The highest BCUT2D eigenvalue weighted by atomic mass is 19.1. The lowest BCUT2D eigenvalue weighted by Crippen LogP contribution is -2.33. The minimum Gasteiger partial charge on any atom is -0.350 e. The zero-order chi connectivity index (χ0) is 21.4. The highest BCUT2D eigenvalue weighted by Gasteiger charge is 2.41. The number of anilines is 2. The van der Waals surface area contributed by atoms with Crippen molar-refractivity contribution in [1.82, 2.24) is 0 Å². The number of carbonyl (C=O) groups excluding carboxylic acids is 2. The van der Waals surface area contributed by atoms with Crippen LogP contribution in [0.25, 0.3) is 5.57 Å². The van der Waals surface area contributed by atoms with Crippen molar-refractivity contribution < 1.29 is 18.4 Å². The second kappa shape index (κ2) is 7.55. The molecule has 0 aromatic heterocycles. The number of hydrogen-bond acceptors (Lipinski definition) is 3. The Bertz CT molecular complexity index is 1180. The van der Waals surface area contributed by atoms with E-state index in [-0.39, 0.29) is 11.3 Å². The summed E-state index contributed by atoms with van der Waals surface area (Å²) in [5.74, 6) is -3.08. The van der Waals surface area contributed by atoms with E-state index < -0.39 is 29.1 Å². The predicted octanol–water partition coefficient (Wildman–Crippen LogP) is 4.98. The number of aryl methyl sites for hydroxylation is 2. The Kier molecular flexibility index (Phi) is 4.91. The van der Waals surface area contributed by atoms with E-state index in [1.54, 1.807) is 24.3 Å². The second-order valence-corrected chi connectivity index (χ2v) is 7.15. The van der Waals surface area contributed by atoms with Crippen molar-refractivity contribution in [3.05, 3.63) is 101 Å². The minimum atomic E-state index is -0.863. The average Bonchev–Trinajstić information content (AvgIpc) is 2.96. The van der Waals surface area contributed by atoms with Crippen LogP contribution in [0.4, 0.5) is 20.2 Å². The number of nitrogens with zero attached hydrogens (tertiary/aromatic N) is 1. The van der Waals surface area contributed by atoms with Crippen molar-refractivity contribution in [3.8, 4) is 0 Å². The maximum Gasteiger partial charge on any atom is 0.282 e. The molecule has 0 radical (unpaired) electrons. The monoisotopic (exact) mass is 404 g/mol. The Hall–Kier alpha value is -3.80. The molecule has 2 amide bonds. The quantitative estimate of drug-likeness (QED) is 0.624. The van der Waals surface area contributed by atoms with Crippen LogP contribution in [0, 0.1) is 25.5 Å². The summed E-state index contributed by atoms with van der Waals surface area (Å²) in [7, 11) is 0. The van der Waals surface area contributed by atoms with Gasteiger partial charge in [-0.15, -0.1) is 0 Å². The molecule has 1 N–H and O–H groups in total. The van der Waals surface area contributed by atoms with Gasteiger partial charge in [-0.25, -0.2) is 13.7 Å². The third-order valence-corrected chi connectivity index (χ3v) is 4.89. The summed E-state index contributed by atoms with van der Waals surface area (Å²) >= 11 is 0. The van der Waals surface area contributed by atoms with Crippen molar-refractivity contribution in [2.45, 2.75) is 13.8 Å². The standard InChI is InChI=1S/C24H18F2N2O2/c1-14-3-7-16(8-4-14)21-22(27-18-10-5-15(2)6-11-18)24(30)28(23(21)29)20-13-17(25)9-12-19(20)26/h3-13,27H,1-2H3. The molecule has 30 heavy (non-hydrogen) atoms. The molecule has 0 atom stereocenters. The summed E-state index contributed by atoms with van der Waals surface area (Å²) in [5.41, 5.74) is 2.81. The molecule has 0 bridgehead atoms. The van der Waals surface area contributed by atoms with Crippen LogP contribution < -0.4 is 10.2 Å². The number of nitrogens with one attached hydrogen (secondary N) is 1. The van der Waals surface area contributed by atoms with Crippen molar-refractivity contribution in [2.24, 2.45) is 0 Å². The first-order valence-electron chi connectivity index (χ1n) is 9.34. The van der Waals surface area contributed by atoms with Crippen molar-refractivity contribution >= 4 is 28.8 Å². The molecule has 1 aliphatic heterocycles. The number of amides is 2. The van der Waals surface area contributed by atoms with Crippen LogP contribution in [-0.4, -0.2) is 11.8 Å². The van der Waals surface area contributed by atoms with Crippen LogP contribution in [0.1, 0.15) is 16.7 Å². The molecule has 6 heteroatoms. The van der Waals surface area contributed by atoms with Crippen molar-refractivity contribution in [2.75, 3.05) is 10.2 Å². The fraction of sp³-hybridized carbons (Fsp3) is 0.0833. The van der Waals surface area contributed by atoms with Crippen LogP contribution >= 0.6 is 0 Å². The van der Waals surface area contributed by atoms with Crippen molar-refractivity contribution in [1.29, 1.82) is 0 Å². The highest BCUT2D eigenvalue weighted by molar-refractivity contribution is 6.46. The van der Waals surface area contributed by atoms with Crippen LogP contribution in [-0.2, 0) is 9.59 Å². The number of imide groups is 1. The van der Waals surface area contributed by atoms with Gasteiger partial charge < -0.3 is 5.32 Å². The van der Waals surface area contributed by atoms with Crippen LogP contribution in [0.3, 0.4) is 0 Å². The highest BCUT2D eigenvalue weighted by Crippen LogP contribution is 2.35. The molecule has 150 valence electrons. The summed E-state index contributed by atoms with van der Waals surface area (Å²) in [6, 6.07) is 17.0. The van der Waals surface area contributed by atoms with Gasteiger partial charge >= 0.3 is 0 Å². The first-order valence-corrected chi connectivity index (χ1v) is 9.34. The summed E-state index contributed by atoms with van der Waals surface area (Å²) in [6.07, 6.45) is 0. The Labute approximate surface area is 172 Å². The number of halogens is 2. The molecular weight excluding hydrogens is 386 g/mol. The van der Waals surface area contributed by atoms with Gasteiger partial charge in [0.1, 0.15) is 17.3 Å². The first-order chi connectivity index (χ1) is 14.3. The largest absolute Gasteiger partial charge is 0.350 e. The summed E-state index contributed by atoms with van der Waals surface area (Å²) in [6.45, 7) is 3.83. The molecular formula is C24H18F2N2O2. The number of hydrogen-bond donors (Lipinski definition) is 1. The zero-order valence-electron chi connectivity index (χ0n) is 16.4. The smallest absolute Gasteiger partial charge is 0.282 e. The van der Waals surface area contributed by atoms with E-state index >= 15 is 0 Å². The fourth-order valence-electron chi connectivity index (χ4n) is 3.29. The molecule has 1 aliphatic rings. The van der Waals surface area contributed by atoms with Gasteiger partial charge in [-0.05, 0) is 43.7 Å². The third kappa shape index (κ3) is 3.48. The second-order valence-electron chi connectivity index (χ2n) is 7.15. The normalized spacial score (nSPS) is 13.9. The molecule has 3 aromatic rings. The zero-order valence-corrected chi connectivity index (χ0v) is 16.4. The molecule has 3 aromatic carbocycles. The van der Waals surface area contributed by atoms with Crippen molar-refractivity contribution in [3.63, 3.8) is 0 Å². The van der Waals surface area contributed by atoms with Gasteiger partial charge in [0.15, 0.2) is 0 Å². The number of carbonyl (C=O) groups is 2. The summed E-state index contributed by atoms with van der Waals surface area (Å²) in [5, 5.41) is 3.00. The van der Waals surface area contributed by atoms with E-state index in [0.717, 1.165) is 29.3 Å². The Balaban J connectivity index is 1.84. The van der Waals surface area contributed by atoms with Gasteiger partial charge in [0.25, 0.3) is 11.8 Å². The topological polar surface area (TPSA) is 49.4 Å². The average molecular weight is 404 g/mol. The molecule has 0 fully saturated rings. The SMILES string of the molecule is Cc1ccc(NC2=C(c3ccc(C)cc3)C(=O)N(c3cc(F)ccc3F)C2=O)cc1. The lowest BCUT2D eigenvalue weighted by molar-refractivity contribution is -0.120. The van der Waals surface area contributed by atoms with E-state index in [9.17, 15) is 18.4 Å². The van der Waals surface area contributed by atoms with Crippen LogP contribution in [0.2, 0.25) is 0 Å². The molecule has 4 nitrogen and oxygen atoms in total. The Morgan fingerprint density at radius 1 is 0.767 bits per heavy atom. The molecule has 4 rings (SSSR count). The Morgan fingerprint density at radius 2 is 1.37 bits per heavy atom. The maximum absolute atomic E-state index is 14.4. The van der Waals surface area contributed by atoms with E-state index in [2.05, 4.69) is 5.32 Å². The third-order valence-electron chi connectivity index (χ3n) is 4.89. The van der Waals surface area contributed by atoms with Gasteiger partial charge in [-0.1, -0.05) is 47.5 Å². The van der Waals surface area contributed by atoms with Gasteiger partial charge in [-0.2, -0.15) is 0 Å². The van der Waals surface area contributed by atoms with Gasteiger partial charge in [0, 0.05) is 11.8 Å². The van der Waals surface area contributed by atoms with E-state index in [4.69, 9.17) is 0 Å². The lowest BCUT2D eigenvalue weighted by Gasteiger charge is -2.16.